The molecule has 2 aliphatic carbocycles. The normalized spacial score (nSPS) is 18.4. The minimum atomic E-state index is -1.23. The summed E-state index contributed by atoms with van der Waals surface area (Å²) in [5, 5.41) is 20.0. The lowest BCUT2D eigenvalue weighted by atomic mass is 9.73. The number of hydrogen-bond donors (Lipinski definition) is 0. The lowest BCUT2D eigenvalue weighted by Crippen LogP contribution is -2.24. The van der Waals surface area contributed by atoms with E-state index in [0.29, 0.717) is 0 Å². The van der Waals surface area contributed by atoms with Crippen LogP contribution in [0.25, 0.3) is 16.7 Å². The summed E-state index contributed by atoms with van der Waals surface area (Å²) in [6, 6.07) is 20.4. The number of allylic oxidation sites excluding steroid dienone is 8. The zero-order chi connectivity index (χ0) is 21.1. The lowest BCUT2D eigenvalue weighted by molar-refractivity contribution is -0.109. The van der Waals surface area contributed by atoms with Crippen molar-refractivity contribution in [3.8, 4) is 23.3 Å². The number of fused-ring (bicyclic) bond motifs is 1. The Labute approximate surface area is 180 Å². The van der Waals surface area contributed by atoms with Gasteiger partial charge in [-0.05, 0) is 40.0 Å². The summed E-state index contributed by atoms with van der Waals surface area (Å²) < 4.78 is 0. The molecule has 0 saturated carbocycles. The Kier molecular flexibility index (Phi) is 5.27. The molecule has 0 aliphatic heterocycles. The fraction of sp³-hybridized carbons (Fsp3) is 0.115. The van der Waals surface area contributed by atoms with Crippen LogP contribution in [-0.4, -0.2) is 5.12 Å². The van der Waals surface area contributed by atoms with Crippen molar-refractivity contribution < 1.29 is 4.79 Å². The number of rotatable bonds is 3. The van der Waals surface area contributed by atoms with E-state index in [9.17, 15) is 15.3 Å². The van der Waals surface area contributed by atoms with E-state index in [0.717, 1.165) is 32.7 Å². The van der Waals surface area contributed by atoms with Crippen LogP contribution in [-0.2, 0) is 4.79 Å². The van der Waals surface area contributed by atoms with Gasteiger partial charge in [0.25, 0.3) is 0 Å². The van der Waals surface area contributed by atoms with Crippen LogP contribution in [0.2, 0.25) is 0 Å². The number of nitrogens with zero attached hydrogens (tertiary/aromatic N) is 2. The fourth-order valence-corrected chi connectivity index (χ4v) is 4.52. The second-order valence-corrected chi connectivity index (χ2v) is 8.45. The molecule has 2 aliphatic rings. The maximum atomic E-state index is 11.2. The quantitative estimate of drug-likeness (QED) is 0.579. The minimum Gasteiger partial charge on any atom is -0.287 e. The largest absolute Gasteiger partial charge is 0.287 e. The Hall–Kier alpha value is -3.60. The van der Waals surface area contributed by atoms with E-state index >= 15 is 0 Å². The lowest BCUT2D eigenvalue weighted by Gasteiger charge is -2.23. The van der Waals surface area contributed by atoms with Crippen molar-refractivity contribution in [3.05, 3.63) is 96.1 Å². The van der Waals surface area contributed by atoms with E-state index in [1.165, 1.54) is 11.8 Å². The molecule has 30 heavy (non-hydrogen) atoms. The van der Waals surface area contributed by atoms with E-state index < -0.39 is 5.41 Å². The summed E-state index contributed by atoms with van der Waals surface area (Å²) in [5.41, 5.74) is 3.43. The Morgan fingerprint density at radius 1 is 0.900 bits per heavy atom. The number of thioether (sulfide) groups is 1. The fourth-order valence-electron chi connectivity index (χ4n) is 3.92. The predicted octanol–water partition coefficient (Wildman–Crippen LogP) is 6.09. The number of hydrogen-bond acceptors (Lipinski definition) is 4. The number of nitriles is 2. The van der Waals surface area contributed by atoms with Gasteiger partial charge in [0.15, 0.2) is 10.5 Å². The molecule has 0 N–H and O–H groups in total. The van der Waals surface area contributed by atoms with Crippen molar-refractivity contribution in [2.75, 3.05) is 0 Å². The van der Waals surface area contributed by atoms with Crippen LogP contribution in [0.1, 0.15) is 12.5 Å². The smallest absolute Gasteiger partial charge is 0.190 e. The molecule has 144 valence electrons. The minimum absolute atomic E-state index is 0.0622. The van der Waals surface area contributed by atoms with Crippen LogP contribution in [0.15, 0.2) is 95.5 Å². The first-order valence-electron chi connectivity index (χ1n) is 9.56. The molecule has 0 amide bonds. The Morgan fingerprint density at radius 3 is 2.10 bits per heavy atom. The van der Waals surface area contributed by atoms with Crippen molar-refractivity contribution >= 4 is 22.5 Å². The molecule has 2 aromatic carbocycles. The zero-order valence-corrected chi connectivity index (χ0v) is 17.2. The van der Waals surface area contributed by atoms with Gasteiger partial charge in [-0.2, -0.15) is 10.5 Å². The van der Waals surface area contributed by atoms with E-state index in [1.54, 1.807) is 6.92 Å². The highest BCUT2D eigenvalue weighted by molar-refractivity contribution is 8.13. The average molecular weight is 407 g/mol. The van der Waals surface area contributed by atoms with Gasteiger partial charge in [-0.3, -0.25) is 4.79 Å². The van der Waals surface area contributed by atoms with Crippen LogP contribution >= 0.6 is 11.8 Å². The van der Waals surface area contributed by atoms with Gasteiger partial charge in [0.05, 0.1) is 12.1 Å². The molecule has 0 heterocycles. The summed E-state index contributed by atoms with van der Waals surface area (Å²) in [5.74, 6) is -0.275. The molecule has 1 atom stereocenters. The third-order valence-corrected chi connectivity index (χ3v) is 6.17. The SMILES string of the molecule is CC(=O)Sc1ccc(-c2ccc(C3=CC4=CC=CC=CC4C3(C#N)C#N)cc2)cc1. The zero-order valence-electron chi connectivity index (χ0n) is 16.4. The molecular weight excluding hydrogens is 388 g/mol. The molecule has 1 unspecified atom stereocenters. The van der Waals surface area contributed by atoms with E-state index in [4.69, 9.17) is 0 Å². The maximum Gasteiger partial charge on any atom is 0.190 e. The highest BCUT2D eigenvalue weighted by atomic mass is 32.2. The molecule has 0 spiro atoms. The average Bonchev–Trinajstić information content (AvgIpc) is 2.89. The van der Waals surface area contributed by atoms with Gasteiger partial charge in [-0.15, -0.1) is 0 Å². The Morgan fingerprint density at radius 2 is 1.50 bits per heavy atom. The molecule has 4 heteroatoms. The predicted molar refractivity (Wildman–Crippen MR) is 120 cm³/mol. The first-order chi connectivity index (χ1) is 14.6. The van der Waals surface area contributed by atoms with E-state index in [-0.39, 0.29) is 11.0 Å². The van der Waals surface area contributed by atoms with Gasteiger partial charge in [-0.1, -0.05) is 84.6 Å². The monoisotopic (exact) mass is 406 g/mol. The molecule has 0 bridgehead atoms. The summed E-state index contributed by atoms with van der Waals surface area (Å²) in [6.45, 7) is 1.55. The van der Waals surface area contributed by atoms with Crippen LogP contribution < -0.4 is 0 Å². The third kappa shape index (κ3) is 3.43. The molecule has 3 nitrogen and oxygen atoms in total. The molecule has 2 aromatic rings. The molecule has 0 radical (unpaired) electrons. The van der Waals surface area contributed by atoms with Gasteiger partial charge in [-0.25, -0.2) is 0 Å². The summed E-state index contributed by atoms with van der Waals surface area (Å²) >= 11 is 1.21. The summed E-state index contributed by atoms with van der Waals surface area (Å²) in [4.78, 5) is 12.2. The van der Waals surface area contributed by atoms with Crippen molar-refractivity contribution in [2.24, 2.45) is 11.3 Å². The van der Waals surface area contributed by atoms with Crippen molar-refractivity contribution in [1.82, 2.24) is 0 Å². The van der Waals surface area contributed by atoms with Crippen molar-refractivity contribution in [2.45, 2.75) is 11.8 Å². The van der Waals surface area contributed by atoms with Gasteiger partial charge < -0.3 is 0 Å². The van der Waals surface area contributed by atoms with Crippen molar-refractivity contribution in [3.63, 3.8) is 0 Å². The third-order valence-electron chi connectivity index (χ3n) is 5.37. The Balaban J connectivity index is 1.68. The highest BCUT2D eigenvalue weighted by Gasteiger charge is 2.48. The molecular formula is C26H18N2OS. The van der Waals surface area contributed by atoms with Gasteiger partial charge in [0.2, 0.25) is 0 Å². The molecule has 0 saturated heterocycles. The second-order valence-electron chi connectivity index (χ2n) is 7.20. The number of carbonyl (C=O) groups is 1. The summed E-state index contributed by atoms with van der Waals surface area (Å²) in [6.07, 6.45) is 11.6. The second kappa shape index (κ2) is 8.03. The first kappa shape index (κ1) is 19.7. The van der Waals surface area contributed by atoms with Gasteiger partial charge in [0, 0.05) is 17.7 Å². The van der Waals surface area contributed by atoms with Crippen LogP contribution in [0.4, 0.5) is 0 Å². The Bertz CT molecular complexity index is 1190. The first-order valence-corrected chi connectivity index (χ1v) is 10.4. The molecule has 0 fully saturated rings. The molecule has 4 rings (SSSR count). The van der Waals surface area contributed by atoms with E-state index in [1.807, 2.05) is 85.0 Å². The van der Waals surface area contributed by atoms with Crippen molar-refractivity contribution in [1.29, 1.82) is 10.5 Å². The van der Waals surface area contributed by atoms with Crippen LogP contribution in [0.3, 0.4) is 0 Å². The highest BCUT2D eigenvalue weighted by Crippen LogP contribution is 2.51. The number of carbonyl (C=O) groups excluding carboxylic acids is 1. The topological polar surface area (TPSA) is 64.7 Å². The number of benzene rings is 2. The van der Waals surface area contributed by atoms with Crippen LogP contribution in [0.5, 0.6) is 0 Å². The van der Waals surface area contributed by atoms with Gasteiger partial charge >= 0.3 is 0 Å². The van der Waals surface area contributed by atoms with Crippen LogP contribution in [0, 0.1) is 34.0 Å². The standard InChI is InChI=1S/C26H18N2OS/c1-18(29)30-23-13-11-20(12-14-23)19-7-9-21(10-8-19)25-15-22-5-3-2-4-6-24(22)26(25,16-27)17-28/h2-15,24H,1H3. The maximum absolute atomic E-state index is 11.2. The van der Waals surface area contributed by atoms with Gasteiger partial charge in [0.1, 0.15) is 0 Å². The summed E-state index contributed by atoms with van der Waals surface area (Å²) in [7, 11) is 0. The van der Waals surface area contributed by atoms with E-state index in [2.05, 4.69) is 12.1 Å². The molecule has 0 aromatic heterocycles.